The van der Waals surface area contributed by atoms with E-state index in [-0.39, 0.29) is 11.8 Å². The zero-order valence-corrected chi connectivity index (χ0v) is 8.14. The molecule has 0 saturated heterocycles. The largest absolute Gasteiger partial charge is 0.354 e. The average molecular weight is 184 g/mol. The van der Waals surface area contributed by atoms with Gasteiger partial charge in [-0.1, -0.05) is 6.92 Å². The average Bonchev–Trinajstić information content (AvgIpc) is 2.86. The Labute approximate surface area is 78.1 Å². The topological polar surface area (TPSA) is 58.2 Å². The third-order valence-corrected chi connectivity index (χ3v) is 2.22. The van der Waals surface area contributed by atoms with Crippen LogP contribution in [0.3, 0.4) is 0 Å². The molecule has 1 aliphatic rings. The maximum atomic E-state index is 11.5. The highest BCUT2D eigenvalue weighted by atomic mass is 16.2. The number of carbonyl (C=O) groups is 2. The Morgan fingerprint density at radius 2 is 1.92 bits per heavy atom. The molecule has 0 heterocycles. The van der Waals surface area contributed by atoms with E-state index in [1.54, 1.807) is 6.92 Å². The summed E-state index contributed by atoms with van der Waals surface area (Å²) >= 11 is 0. The van der Waals surface area contributed by atoms with Crippen LogP contribution in [0.25, 0.3) is 0 Å². The van der Waals surface area contributed by atoms with Gasteiger partial charge >= 0.3 is 0 Å². The van der Waals surface area contributed by atoms with Crippen LogP contribution < -0.4 is 10.6 Å². The number of hydrogen-bond acceptors (Lipinski definition) is 2. The molecule has 1 saturated carbocycles. The normalized spacial score (nSPS) is 17.7. The van der Waals surface area contributed by atoms with Crippen LogP contribution in [-0.4, -0.2) is 23.9 Å². The van der Waals surface area contributed by atoms with E-state index in [4.69, 9.17) is 0 Å². The fourth-order valence-electron chi connectivity index (χ4n) is 1.22. The second kappa shape index (κ2) is 3.77. The SMILES string of the molecule is CCNC(=O)C1(NC(=O)CC)CC1. The van der Waals surface area contributed by atoms with Crippen molar-refractivity contribution in [2.75, 3.05) is 6.54 Å². The van der Waals surface area contributed by atoms with Crippen molar-refractivity contribution in [2.45, 2.75) is 38.6 Å². The van der Waals surface area contributed by atoms with Gasteiger partial charge in [0.05, 0.1) is 0 Å². The quantitative estimate of drug-likeness (QED) is 0.655. The summed E-state index contributed by atoms with van der Waals surface area (Å²) in [5.74, 6) is -0.0967. The molecule has 0 aromatic heterocycles. The van der Waals surface area contributed by atoms with Crippen LogP contribution in [0.4, 0.5) is 0 Å². The third kappa shape index (κ3) is 2.20. The van der Waals surface area contributed by atoms with Crippen LogP contribution >= 0.6 is 0 Å². The van der Waals surface area contributed by atoms with Crippen molar-refractivity contribution in [1.82, 2.24) is 10.6 Å². The second-order valence-electron chi connectivity index (χ2n) is 3.34. The first kappa shape index (κ1) is 10.0. The predicted molar refractivity (Wildman–Crippen MR) is 49.1 cm³/mol. The first-order valence-corrected chi connectivity index (χ1v) is 4.74. The van der Waals surface area contributed by atoms with Crippen molar-refractivity contribution in [1.29, 1.82) is 0 Å². The molecule has 0 unspecified atom stereocenters. The molecule has 0 aromatic rings. The first-order chi connectivity index (χ1) is 6.14. The molecule has 74 valence electrons. The van der Waals surface area contributed by atoms with E-state index >= 15 is 0 Å². The molecule has 0 aliphatic heterocycles. The molecular weight excluding hydrogens is 168 g/mol. The maximum absolute atomic E-state index is 11.5. The number of rotatable bonds is 4. The molecule has 13 heavy (non-hydrogen) atoms. The van der Waals surface area contributed by atoms with E-state index in [1.165, 1.54) is 0 Å². The molecule has 0 bridgehead atoms. The first-order valence-electron chi connectivity index (χ1n) is 4.74. The Bertz CT molecular complexity index is 222. The summed E-state index contributed by atoms with van der Waals surface area (Å²) in [6.07, 6.45) is 1.97. The van der Waals surface area contributed by atoms with Gasteiger partial charge in [0.1, 0.15) is 5.54 Å². The Kier molecular flexibility index (Phi) is 2.90. The van der Waals surface area contributed by atoms with E-state index in [9.17, 15) is 9.59 Å². The van der Waals surface area contributed by atoms with Crippen LogP contribution in [0.15, 0.2) is 0 Å². The lowest BCUT2D eigenvalue weighted by Gasteiger charge is -2.15. The van der Waals surface area contributed by atoms with Gasteiger partial charge in [0.25, 0.3) is 0 Å². The molecule has 1 fully saturated rings. The molecule has 4 heteroatoms. The summed E-state index contributed by atoms with van der Waals surface area (Å²) in [5.41, 5.74) is -0.566. The molecule has 4 nitrogen and oxygen atoms in total. The molecular formula is C9H16N2O2. The summed E-state index contributed by atoms with van der Waals surface area (Å²) in [6, 6.07) is 0. The van der Waals surface area contributed by atoms with Gasteiger partial charge in [-0.25, -0.2) is 0 Å². The van der Waals surface area contributed by atoms with E-state index in [0.717, 1.165) is 12.8 Å². The zero-order chi connectivity index (χ0) is 9.90. The van der Waals surface area contributed by atoms with Crippen molar-refractivity contribution in [3.63, 3.8) is 0 Å². The molecule has 0 spiro atoms. The van der Waals surface area contributed by atoms with Crippen LogP contribution in [0.2, 0.25) is 0 Å². The van der Waals surface area contributed by atoms with Gasteiger partial charge in [0, 0.05) is 13.0 Å². The Balaban J connectivity index is 2.47. The van der Waals surface area contributed by atoms with E-state index in [2.05, 4.69) is 10.6 Å². The molecule has 2 amide bonds. The summed E-state index contributed by atoms with van der Waals surface area (Å²) in [4.78, 5) is 22.5. The van der Waals surface area contributed by atoms with Gasteiger partial charge in [-0.2, -0.15) is 0 Å². The summed E-state index contributed by atoms with van der Waals surface area (Å²) in [7, 11) is 0. The number of likely N-dealkylation sites (N-methyl/N-ethyl adjacent to an activating group) is 1. The summed E-state index contributed by atoms with van der Waals surface area (Å²) in [5, 5.41) is 5.47. The lowest BCUT2D eigenvalue weighted by molar-refractivity contribution is -0.129. The standard InChI is InChI=1S/C9H16N2O2/c1-3-7(12)11-9(5-6-9)8(13)10-4-2/h3-6H2,1-2H3,(H,10,13)(H,11,12). The molecule has 0 atom stereocenters. The fourth-order valence-corrected chi connectivity index (χ4v) is 1.22. The third-order valence-electron chi connectivity index (χ3n) is 2.22. The molecule has 1 aliphatic carbocycles. The summed E-state index contributed by atoms with van der Waals surface area (Å²) in [6.45, 7) is 4.27. The second-order valence-corrected chi connectivity index (χ2v) is 3.34. The Morgan fingerprint density at radius 1 is 1.31 bits per heavy atom. The van der Waals surface area contributed by atoms with E-state index in [0.29, 0.717) is 13.0 Å². The lowest BCUT2D eigenvalue weighted by atomic mass is 10.2. The fraction of sp³-hybridized carbons (Fsp3) is 0.778. The van der Waals surface area contributed by atoms with Gasteiger partial charge < -0.3 is 10.6 Å². The Morgan fingerprint density at radius 3 is 2.31 bits per heavy atom. The minimum atomic E-state index is -0.566. The highest BCUT2D eigenvalue weighted by molar-refractivity contribution is 5.93. The molecule has 0 aromatic carbocycles. The van der Waals surface area contributed by atoms with E-state index in [1.807, 2.05) is 6.92 Å². The van der Waals surface area contributed by atoms with Gasteiger partial charge in [0.2, 0.25) is 11.8 Å². The highest BCUT2D eigenvalue weighted by Crippen LogP contribution is 2.35. The highest BCUT2D eigenvalue weighted by Gasteiger charge is 2.50. The van der Waals surface area contributed by atoms with Crippen LogP contribution in [0.5, 0.6) is 0 Å². The minimum Gasteiger partial charge on any atom is -0.354 e. The number of amides is 2. The molecule has 0 radical (unpaired) electrons. The van der Waals surface area contributed by atoms with Crippen LogP contribution in [0.1, 0.15) is 33.1 Å². The van der Waals surface area contributed by atoms with Gasteiger partial charge in [-0.15, -0.1) is 0 Å². The lowest BCUT2D eigenvalue weighted by Crippen LogP contribution is -2.48. The van der Waals surface area contributed by atoms with Gasteiger partial charge in [-0.3, -0.25) is 9.59 Å². The van der Waals surface area contributed by atoms with Crippen molar-refractivity contribution in [3.05, 3.63) is 0 Å². The van der Waals surface area contributed by atoms with Crippen molar-refractivity contribution in [3.8, 4) is 0 Å². The Hall–Kier alpha value is -1.06. The van der Waals surface area contributed by atoms with Crippen molar-refractivity contribution >= 4 is 11.8 Å². The smallest absolute Gasteiger partial charge is 0.245 e. The number of hydrogen-bond donors (Lipinski definition) is 2. The zero-order valence-electron chi connectivity index (χ0n) is 8.14. The molecule has 2 N–H and O–H groups in total. The maximum Gasteiger partial charge on any atom is 0.245 e. The van der Waals surface area contributed by atoms with E-state index < -0.39 is 5.54 Å². The van der Waals surface area contributed by atoms with Crippen molar-refractivity contribution in [2.24, 2.45) is 0 Å². The van der Waals surface area contributed by atoms with Gasteiger partial charge in [-0.05, 0) is 19.8 Å². The minimum absolute atomic E-state index is 0.0446. The number of nitrogens with one attached hydrogen (secondary N) is 2. The monoisotopic (exact) mass is 184 g/mol. The van der Waals surface area contributed by atoms with Gasteiger partial charge in [0.15, 0.2) is 0 Å². The predicted octanol–water partition coefficient (Wildman–Crippen LogP) is 0.181. The number of carbonyl (C=O) groups excluding carboxylic acids is 2. The van der Waals surface area contributed by atoms with Crippen LogP contribution in [0, 0.1) is 0 Å². The summed E-state index contributed by atoms with van der Waals surface area (Å²) < 4.78 is 0. The van der Waals surface area contributed by atoms with Crippen molar-refractivity contribution < 1.29 is 9.59 Å². The molecule has 1 rings (SSSR count). The van der Waals surface area contributed by atoms with Crippen LogP contribution in [-0.2, 0) is 9.59 Å².